The maximum atomic E-state index is 12.1. The molecule has 0 spiro atoms. The number of hydrogen-bond acceptors (Lipinski definition) is 3. The molecule has 0 aromatic carbocycles. The van der Waals surface area contributed by atoms with Crippen LogP contribution in [0, 0.1) is 0 Å². The Labute approximate surface area is 74.5 Å². The number of hydrogen-bond donors (Lipinski definition) is 0. The zero-order valence-electron chi connectivity index (χ0n) is 7.42. The van der Waals surface area contributed by atoms with Crippen LogP contribution >= 0.6 is 0 Å². The molecule has 13 heavy (non-hydrogen) atoms. The molecule has 0 bridgehead atoms. The van der Waals surface area contributed by atoms with Gasteiger partial charge in [0, 0.05) is 6.42 Å². The molecule has 0 aliphatic heterocycles. The van der Waals surface area contributed by atoms with Gasteiger partial charge >= 0.3 is 12.6 Å². The molecule has 0 rings (SSSR count). The highest BCUT2D eigenvalue weighted by Gasteiger charge is 2.29. The van der Waals surface area contributed by atoms with Gasteiger partial charge in [-0.1, -0.05) is 6.92 Å². The molecule has 0 saturated carbocycles. The van der Waals surface area contributed by atoms with Gasteiger partial charge < -0.3 is 4.74 Å². The van der Waals surface area contributed by atoms with Gasteiger partial charge in [0.15, 0.2) is 0 Å². The van der Waals surface area contributed by atoms with Crippen LogP contribution in [0.3, 0.4) is 0 Å². The molecule has 76 valence electrons. The second-order valence-corrected chi connectivity index (χ2v) is 2.09. The largest absolute Gasteiger partial charge is 0.449 e. The predicted molar refractivity (Wildman–Crippen MR) is 40.2 cm³/mol. The van der Waals surface area contributed by atoms with E-state index >= 15 is 0 Å². The number of ether oxygens (including phenoxy) is 1. The minimum atomic E-state index is -3.15. The fourth-order valence-corrected chi connectivity index (χ4v) is 0.654. The molecule has 4 nitrogen and oxygen atoms in total. The number of rotatable bonds is 3. The van der Waals surface area contributed by atoms with Gasteiger partial charge in [0.1, 0.15) is 0 Å². The summed E-state index contributed by atoms with van der Waals surface area (Å²) in [4.78, 5) is 21.4. The van der Waals surface area contributed by atoms with E-state index in [2.05, 4.69) is 4.74 Å². The third kappa shape index (κ3) is 3.35. The zero-order chi connectivity index (χ0) is 10.4. The Morgan fingerprint density at radius 3 is 2.23 bits per heavy atom. The summed E-state index contributed by atoms with van der Waals surface area (Å²) in [6.07, 6.45) is -1.47. The monoisotopic (exact) mass is 195 g/mol. The molecular weight excluding hydrogens is 184 g/mol. The van der Waals surface area contributed by atoms with Crippen LogP contribution < -0.4 is 0 Å². The molecule has 6 heteroatoms. The van der Waals surface area contributed by atoms with Crippen LogP contribution in [-0.4, -0.2) is 30.1 Å². The van der Waals surface area contributed by atoms with Crippen LogP contribution in [0.25, 0.3) is 0 Å². The van der Waals surface area contributed by atoms with Crippen molar-refractivity contribution in [3.63, 3.8) is 0 Å². The molecule has 0 aliphatic rings. The number of halogens is 2. The molecular formula is C7H11F2NO3. The van der Waals surface area contributed by atoms with Gasteiger partial charge in [-0.25, -0.2) is 4.79 Å². The summed E-state index contributed by atoms with van der Waals surface area (Å²) in [5.41, 5.74) is 0. The first-order valence-corrected chi connectivity index (χ1v) is 3.81. The van der Waals surface area contributed by atoms with E-state index in [1.54, 1.807) is 0 Å². The lowest BCUT2D eigenvalue weighted by atomic mass is 10.4. The molecule has 2 amide bonds. The first-order valence-electron chi connectivity index (χ1n) is 3.81. The van der Waals surface area contributed by atoms with Crippen LogP contribution in [0.4, 0.5) is 13.6 Å². The second kappa shape index (κ2) is 5.45. The van der Waals surface area contributed by atoms with Crippen molar-refractivity contribution >= 4 is 12.0 Å². The Morgan fingerprint density at radius 1 is 1.38 bits per heavy atom. The van der Waals surface area contributed by atoms with Crippen molar-refractivity contribution in [2.45, 2.75) is 26.8 Å². The van der Waals surface area contributed by atoms with Crippen LogP contribution in [0.15, 0.2) is 0 Å². The molecule has 0 aliphatic carbocycles. The quantitative estimate of drug-likeness (QED) is 0.642. The second-order valence-electron chi connectivity index (χ2n) is 2.09. The van der Waals surface area contributed by atoms with E-state index in [1.165, 1.54) is 13.8 Å². The lowest BCUT2D eigenvalue weighted by Crippen LogP contribution is -2.40. The molecule has 0 atom stereocenters. The average molecular weight is 195 g/mol. The predicted octanol–water partition coefficient (Wildman–Crippen LogP) is 1.60. The lowest BCUT2D eigenvalue weighted by molar-refractivity contribution is -0.140. The number of carbonyl (C=O) groups is 2. The Bertz CT molecular complexity index is 196. The topological polar surface area (TPSA) is 46.6 Å². The van der Waals surface area contributed by atoms with Crippen molar-refractivity contribution in [1.82, 2.24) is 4.90 Å². The lowest BCUT2D eigenvalue weighted by Gasteiger charge is -2.17. The van der Waals surface area contributed by atoms with Gasteiger partial charge in [0.25, 0.3) is 0 Å². The number of imide groups is 1. The fraction of sp³-hybridized carbons (Fsp3) is 0.714. The van der Waals surface area contributed by atoms with Crippen LogP contribution in [0.2, 0.25) is 0 Å². The van der Waals surface area contributed by atoms with Gasteiger partial charge in [-0.2, -0.15) is 13.7 Å². The van der Waals surface area contributed by atoms with Gasteiger partial charge in [-0.3, -0.25) is 4.79 Å². The fourth-order valence-electron chi connectivity index (χ4n) is 0.654. The maximum Gasteiger partial charge on any atom is 0.421 e. The van der Waals surface area contributed by atoms with E-state index in [4.69, 9.17) is 0 Å². The van der Waals surface area contributed by atoms with Crippen molar-refractivity contribution in [2.75, 3.05) is 6.61 Å². The number of alkyl halides is 2. The number of amides is 2. The van der Waals surface area contributed by atoms with Crippen LogP contribution in [0.1, 0.15) is 20.3 Å². The van der Waals surface area contributed by atoms with E-state index in [9.17, 15) is 18.4 Å². The normalized spacial score (nSPS) is 9.92. The minimum absolute atomic E-state index is 0.0426. The Morgan fingerprint density at radius 2 is 1.92 bits per heavy atom. The van der Waals surface area contributed by atoms with Crippen LogP contribution in [0.5, 0.6) is 0 Å². The van der Waals surface area contributed by atoms with E-state index in [0.29, 0.717) is 0 Å². The summed E-state index contributed by atoms with van der Waals surface area (Å²) in [7, 11) is 0. The first kappa shape index (κ1) is 11.8. The summed E-state index contributed by atoms with van der Waals surface area (Å²) in [6.45, 7) is -0.333. The summed E-state index contributed by atoms with van der Waals surface area (Å²) in [5, 5.41) is 0. The van der Waals surface area contributed by atoms with E-state index < -0.39 is 18.5 Å². The van der Waals surface area contributed by atoms with E-state index in [0.717, 1.165) is 0 Å². The van der Waals surface area contributed by atoms with Crippen molar-refractivity contribution in [1.29, 1.82) is 0 Å². The number of carbonyl (C=O) groups excluding carboxylic acids is 2. The Hall–Kier alpha value is -1.20. The van der Waals surface area contributed by atoms with Gasteiger partial charge in [-0.15, -0.1) is 0 Å². The van der Waals surface area contributed by atoms with Crippen molar-refractivity contribution in [3.8, 4) is 0 Å². The molecule has 0 radical (unpaired) electrons. The molecule has 0 heterocycles. The molecule has 0 N–H and O–H groups in total. The average Bonchev–Trinajstić information content (AvgIpc) is 2.04. The standard InChI is InChI=1S/C7H11F2NO3/c1-3-5(11)10(6(8)9)7(12)13-4-2/h6H,3-4H2,1-2H3. The zero-order valence-corrected chi connectivity index (χ0v) is 7.42. The maximum absolute atomic E-state index is 12.1. The van der Waals surface area contributed by atoms with Crippen molar-refractivity contribution < 1.29 is 23.1 Å². The first-order chi connectivity index (χ1) is 6.04. The molecule has 0 saturated heterocycles. The Kier molecular flexibility index (Phi) is 4.94. The molecule has 0 aromatic heterocycles. The van der Waals surface area contributed by atoms with E-state index in [1.807, 2.05) is 0 Å². The highest BCUT2D eigenvalue weighted by molar-refractivity contribution is 5.91. The highest BCUT2D eigenvalue weighted by Crippen LogP contribution is 2.07. The van der Waals surface area contributed by atoms with Gasteiger partial charge in [0.2, 0.25) is 5.91 Å². The molecule has 0 fully saturated rings. The van der Waals surface area contributed by atoms with Crippen LogP contribution in [-0.2, 0) is 9.53 Å². The Balaban J connectivity index is 4.41. The van der Waals surface area contributed by atoms with Gasteiger partial charge in [0.05, 0.1) is 6.61 Å². The SMILES string of the molecule is CCOC(=O)N(C(=O)CC)C(F)F. The minimum Gasteiger partial charge on any atom is -0.449 e. The van der Waals surface area contributed by atoms with Crippen molar-refractivity contribution in [3.05, 3.63) is 0 Å². The van der Waals surface area contributed by atoms with Gasteiger partial charge in [-0.05, 0) is 6.92 Å². The summed E-state index contributed by atoms with van der Waals surface area (Å²) in [6, 6.07) is 0. The summed E-state index contributed by atoms with van der Waals surface area (Å²) in [5.74, 6) is -0.951. The molecule has 0 aromatic rings. The third-order valence-electron chi connectivity index (χ3n) is 1.23. The number of nitrogens with zero attached hydrogens (tertiary/aromatic N) is 1. The third-order valence-corrected chi connectivity index (χ3v) is 1.23. The highest BCUT2D eigenvalue weighted by atomic mass is 19.3. The summed E-state index contributed by atoms with van der Waals surface area (Å²) < 4.78 is 28.5. The summed E-state index contributed by atoms with van der Waals surface area (Å²) >= 11 is 0. The van der Waals surface area contributed by atoms with E-state index in [-0.39, 0.29) is 17.9 Å². The smallest absolute Gasteiger partial charge is 0.421 e. The van der Waals surface area contributed by atoms with Crippen molar-refractivity contribution in [2.24, 2.45) is 0 Å². The molecule has 0 unspecified atom stereocenters.